The van der Waals surface area contributed by atoms with Crippen molar-refractivity contribution >= 4 is 17.5 Å². The maximum Gasteiger partial charge on any atom is 0.227 e. The molecule has 2 heterocycles. The molecule has 1 saturated heterocycles. The fourth-order valence-electron chi connectivity index (χ4n) is 1.64. The molecule has 7 heteroatoms. The molecule has 94 valence electrons. The van der Waals surface area contributed by atoms with Crippen LogP contribution in [0, 0.1) is 0 Å². The molecule has 0 aromatic carbocycles. The van der Waals surface area contributed by atoms with Gasteiger partial charge < -0.3 is 21.1 Å². The van der Waals surface area contributed by atoms with Gasteiger partial charge in [-0.15, -0.1) is 0 Å². The lowest BCUT2D eigenvalue weighted by molar-refractivity contribution is 0.122. The van der Waals surface area contributed by atoms with Gasteiger partial charge >= 0.3 is 0 Å². The molecular formula is C10H16ClN5O. The minimum atomic E-state index is -0.310. The Balaban J connectivity index is 2.24. The van der Waals surface area contributed by atoms with E-state index in [4.69, 9.17) is 27.8 Å². The monoisotopic (exact) mass is 257 g/mol. The van der Waals surface area contributed by atoms with Crippen LogP contribution in [0.4, 0.5) is 5.95 Å². The van der Waals surface area contributed by atoms with Gasteiger partial charge in [0.2, 0.25) is 5.95 Å². The highest BCUT2D eigenvalue weighted by atomic mass is 35.5. The molecule has 1 aliphatic rings. The third-order valence-electron chi connectivity index (χ3n) is 2.63. The van der Waals surface area contributed by atoms with E-state index in [0.29, 0.717) is 36.6 Å². The van der Waals surface area contributed by atoms with Gasteiger partial charge in [-0.3, -0.25) is 0 Å². The summed E-state index contributed by atoms with van der Waals surface area (Å²) in [6.45, 7) is 3.20. The maximum absolute atomic E-state index is 5.96. The van der Waals surface area contributed by atoms with Crippen molar-refractivity contribution in [3.05, 3.63) is 16.9 Å². The molecule has 1 aliphatic heterocycles. The lowest BCUT2D eigenvalue weighted by Gasteiger charge is -2.27. The number of nitrogens with zero attached hydrogens (tertiary/aromatic N) is 3. The summed E-state index contributed by atoms with van der Waals surface area (Å²) in [6.07, 6.45) is 0. The molecule has 0 amide bonds. The Morgan fingerprint density at radius 3 is 2.76 bits per heavy atom. The second kappa shape index (κ2) is 5.59. The zero-order valence-electron chi connectivity index (χ0n) is 9.47. The zero-order valence-corrected chi connectivity index (χ0v) is 10.2. The van der Waals surface area contributed by atoms with Crippen molar-refractivity contribution in [3.8, 4) is 0 Å². The molecular weight excluding hydrogens is 242 g/mol. The molecule has 17 heavy (non-hydrogen) atoms. The smallest absolute Gasteiger partial charge is 0.227 e. The first-order chi connectivity index (χ1) is 8.20. The van der Waals surface area contributed by atoms with Gasteiger partial charge in [0.25, 0.3) is 0 Å². The van der Waals surface area contributed by atoms with E-state index in [-0.39, 0.29) is 6.04 Å². The topological polar surface area (TPSA) is 90.3 Å². The van der Waals surface area contributed by atoms with Crippen LogP contribution in [0.3, 0.4) is 0 Å². The average molecular weight is 258 g/mol. The standard InChI is InChI=1S/C10H16ClN5O/c11-9-5-8(7(13)6-12)14-10(15-9)16-1-3-17-4-2-16/h5,7H,1-4,6,12-13H2. The van der Waals surface area contributed by atoms with Crippen LogP contribution in [0.25, 0.3) is 0 Å². The summed E-state index contributed by atoms with van der Waals surface area (Å²) in [4.78, 5) is 10.6. The summed E-state index contributed by atoms with van der Waals surface area (Å²) in [5.41, 5.74) is 12.0. The molecule has 1 aromatic heterocycles. The summed E-state index contributed by atoms with van der Waals surface area (Å²) in [5, 5.41) is 0.389. The van der Waals surface area contributed by atoms with Crippen molar-refractivity contribution in [1.29, 1.82) is 0 Å². The van der Waals surface area contributed by atoms with Crippen molar-refractivity contribution < 1.29 is 4.74 Å². The summed E-state index contributed by atoms with van der Waals surface area (Å²) < 4.78 is 5.28. The molecule has 0 saturated carbocycles. The van der Waals surface area contributed by atoms with Crippen molar-refractivity contribution in [2.75, 3.05) is 37.7 Å². The Labute approximate surface area is 105 Å². The van der Waals surface area contributed by atoms with Gasteiger partial charge in [-0.05, 0) is 6.07 Å². The normalized spacial score (nSPS) is 18.2. The van der Waals surface area contributed by atoms with Crippen LogP contribution in [-0.4, -0.2) is 42.8 Å². The molecule has 2 rings (SSSR count). The van der Waals surface area contributed by atoms with Crippen LogP contribution in [0.1, 0.15) is 11.7 Å². The minimum Gasteiger partial charge on any atom is -0.378 e. The molecule has 1 atom stereocenters. The molecule has 1 unspecified atom stereocenters. The third-order valence-corrected chi connectivity index (χ3v) is 2.82. The number of rotatable bonds is 3. The first-order valence-corrected chi connectivity index (χ1v) is 5.91. The highest BCUT2D eigenvalue weighted by molar-refractivity contribution is 6.29. The quantitative estimate of drug-likeness (QED) is 0.737. The highest BCUT2D eigenvalue weighted by Gasteiger charge is 2.16. The fourth-order valence-corrected chi connectivity index (χ4v) is 1.83. The first-order valence-electron chi connectivity index (χ1n) is 5.53. The van der Waals surface area contributed by atoms with Crippen LogP contribution >= 0.6 is 11.6 Å². The van der Waals surface area contributed by atoms with Gasteiger partial charge in [-0.2, -0.15) is 0 Å². The number of anilines is 1. The molecule has 1 fully saturated rings. The van der Waals surface area contributed by atoms with E-state index < -0.39 is 0 Å². The van der Waals surface area contributed by atoms with Crippen molar-refractivity contribution in [2.24, 2.45) is 11.5 Å². The van der Waals surface area contributed by atoms with Crippen molar-refractivity contribution in [3.63, 3.8) is 0 Å². The molecule has 1 aromatic rings. The van der Waals surface area contributed by atoms with Gasteiger partial charge in [0.15, 0.2) is 0 Å². The molecule has 0 aliphatic carbocycles. The Kier molecular flexibility index (Phi) is 4.11. The number of ether oxygens (including phenoxy) is 1. The van der Waals surface area contributed by atoms with Gasteiger partial charge in [0, 0.05) is 19.6 Å². The molecule has 6 nitrogen and oxygen atoms in total. The van der Waals surface area contributed by atoms with Crippen LogP contribution in [-0.2, 0) is 4.74 Å². The zero-order chi connectivity index (χ0) is 12.3. The lowest BCUT2D eigenvalue weighted by atomic mass is 10.2. The second-order valence-electron chi connectivity index (χ2n) is 3.86. The predicted octanol–water partition coefficient (Wildman–Crippen LogP) is -0.0749. The van der Waals surface area contributed by atoms with E-state index in [1.54, 1.807) is 6.07 Å². The fraction of sp³-hybridized carbons (Fsp3) is 0.600. The van der Waals surface area contributed by atoms with E-state index in [1.807, 2.05) is 4.90 Å². The van der Waals surface area contributed by atoms with Crippen LogP contribution in [0.5, 0.6) is 0 Å². The molecule has 0 bridgehead atoms. The average Bonchev–Trinajstić information content (AvgIpc) is 2.38. The number of aromatic nitrogens is 2. The summed E-state index contributed by atoms with van der Waals surface area (Å²) in [7, 11) is 0. The van der Waals surface area contributed by atoms with E-state index >= 15 is 0 Å². The summed E-state index contributed by atoms with van der Waals surface area (Å²) in [6, 6.07) is 1.35. The lowest BCUT2D eigenvalue weighted by Crippen LogP contribution is -2.37. The molecule has 0 spiro atoms. The second-order valence-corrected chi connectivity index (χ2v) is 4.24. The number of halogens is 1. The third kappa shape index (κ3) is 3.04. The Bertz CT molecular complexity index is 383. The number of hydrogen-bond acceptors (Lipinski definition) is 6. The maximum atomic E-state index is 5.96. The Morgan fingerprint density at radius 1 is 1.41 bits per heavy atom. The van der Waals surface area contributed by atoms with Gasteiger partial charge in [-0.1, -0.05) is 11.6 Å². The van der Waals surface area contributed by atoms with E-state index in [9.17, 15) is 0 Å². The Morgan fingerprint density at radius 2 is 2.12 bits per heavy atom. The summed E-state index contributed by atoms with van der Waals surface area (Å²) >= 11 is 5.96. The SMILES string of the molecule is NCC(N)c1cc(Cl)nc(N2CCOCC2)n1. The summed E-state index contributed by atoms with van der Waals surface area (Å²) in [5.74, 6) is 0.597. The van der Waals surface area contributed by atoms with E-state index in [2.05, 4.69) is 9.97 Å². The first kappa shape index (κ1) is 12.5. The van der Waals surface area contributed by atoms with E-state index in [1.165, 1.54) is 0 Å². The van der Waals surface area contributed by atoms with Crippen LogP contribution in [0.2, 0.25) is 5.15 Å². The largest absolute Gasteiger partial charge is 0.378 e. The highest BCUT2D eigenvalue weighted by Crippen LogP contribution is 2.18. The van der Waals surface area contributed by atoms with Gasteiger partial charge in [-0.25, -0.2) is 9.97 Å². The number of nitrogens with two attached hydrogens (primary N) is 2. The molecule has 4 N–H and O–H groups in total. The van der Waals surface area contributed by atoms with Crippen molar-refractivity contribution in [1.82, 2.24) is 9.97 Å². The van der Waals surface area contributed by atoms with Gasteiger partial charge in [0.1, 0.15) is 5.15 Å². The van der Waals surface area contributed by atoms with Crippen molar-refractivity contribution in [2.45, 2.75) is 6.04 Å². The van der Waals surface area contributed by atoms with E-state index in [0.717, 1.165) is 13.1 Å². The van der Waals surface area contributed by atoms with Gasteiger partial charge in [0.05, 0.1) is 24.9 Å². The molecule has 0 radical (unpaired) electrons. The van der Waals surface area contributed by atoms with Crippen LogP contribution < -0.4 is 16.4 Å². The Hall–Kier alpha value is -0.950. The minimum absolute atomic E-state index is 0.310. The van der Waals surface area contributed by atoms with Crippen LogP contribution in [0.15, 0.2) is 6.07 Å². The number of hydrogen-bond donors (Lipinski definition) is 2. The predicted molar refractivity (Wildman–Crippen MR) is 66.1 cm³/mol. The number of morpholine rings is 1.